The Labute approximate surface area is 153 Å². The number of benzene rings is 1. The van der Waals surface area contributed by atoms with Gasteiger partial charge >= 0.3 is 0 Å². The third kappa shape index (κ3) is 3.03. The molecule has 26 heavy (non-hydrogen) atoms. The van der Waals surface area contributed by atoms with Gasteiger partial charge in [-0.1, -0.05) is 12.1 Å². The number of hydrogen-bond acceptors (Lipinski definition) is 4. The highest BCUT2D eigenvalue weighted by molar-refractivity contribution is 5.93. The molecular formula is C20H23N5O. The molecule has 0 N–H and O–H groups in total. The summed E-state index contributed by atoms with van der Waals surface area (Å²) < 4.78 is 1.78. The molecule has 0 radical (unpaired) electrons. The summed E-state index contributed by atoms with van der Waals surface area (Å²) in [6.45, 7) is 9.07. The van der Waals surface area contributed by atoms with Crippen LogP contribution in [0.3, 0.4) is 0 Å². The lowest BCUT2D eigenvalue weighted by Gasteiger charge is -2.36. The molecule has 4 rings (SSSR count). The average molecular weight is 349 g/mol. The number of fused-ring (bicyclic) bond motifs is 1. The Kier molecular flexibility index (Phi) is 4.11. The van der Waals surface area contributed by atoms with Gasteiger partial charge in [-0.15, -0.1) is 0 Å². The van der Waals surface area contributed by atoms with E-state index in [-0.39, 0.29) is 5.91 Å². The molecule has 1 fully saturated rings. The van der Waals surface area contributed by atoms with Crippen molar-refractivity contribution in [3.8, 4) is 0 Å². The summed E-state index contributed by atoms with van der Waals surface area (Å²) in [5.41, 5.74) is 5.53. The molecule has 1 aromatic carbocycles. The van der Waals surface area contributed by atoms with E-state index < -0.39 is 0 Å². The molecule has 0 atom stereocenters. The van der Waals surface area contributed by atoms with Crippen molar-refractivity contribution in [2.45, 2.75) is 20.8 Å². The van der Waals surface area contributed by atoms with E-state index in [4.69, 9.17) is 0 Å². The van der Waals surface area contributed by atoms with E-state index in [0.29, 0.717) is 18.8 Å². The van der Waals surface area contributed by atoms with Crippen molar-refractivity contribution in [1.82, 2.24) is 19.5 Å². The summed E-state index contributed by atoms with van der Waals surface area (Å²) in [5.74, 6) is -0.00153. The second-order valence-electron chi connectivity index (χ2n) is 6.96. The second kappa shape index (κ2) is 6.44. The first-order valence-electron chi connectivity index (χ1n) is 8.96. The van der Waals surface area contributed by atoms with Gasteiger partial charge in [0, 0.05) is 43.6 Å². The Balaban J connectivity index is 1.50. The number of rotatable bonds is 2. The molecule has 134 valence electrons. The highest BCUT2D eigenvalue weighted by Gasteiger charge is 2.24. The minimum atomic E-state index is -0.00153. The quantitative estimate of drug-likeness (QED) is 0.714. The smallest absolute Gasteiger partial charge is 0.272 e. The Morgan fingerprint density at radius 3 is 2.50 bits per heavy atom. The number of hydrogen-bond donors (Lipinski definition) is 0. The van der Waals surface area contributed by atoms with Crippen LogP contribution in [0.4, 0.5) is 5.69 Å². The van der Waals surface area contributed by atoms with Gasteiger partial charge < -0.3 is 9.80 Å². The van der Waals surface area contributed by atoms with Gasteiger partial charge in [-0.3, -0.25) is 4.79 Å². The predicted octanol–water partition coefficient (Wildman–Crippen LogP) is 2.62. The maximum absolute atomic E-state index is 12.9. The van der Waals surface area contributed by atoms with E-state index in [1.807, 2.05) is 30.9 Å². The first-order valence-corrected chi connectivity index (χ1v) is 8.96. The number of nitrogens with zero attached hydrogens (tertiary/aromatic N) is 5. The molecule has 1 amide bonds. The van der Waals surface area contributed by atoms with Crippen molar-refractivity contribution in [2.24, 2.45) is 0 Å². The Hall–Kier alpha value is -2.89. The van der Waals surface area contributed by atoms with E-state index in [0.717, 1.165) is 30.1 Å². The van der Waals surface area contributed by atoms with E-state index in [2.05, 4.69) is 46.2 Å². The number of aryl methyl sites for hydroxylation is 3. The fraction of sp³-hybridized carbons (Fsp3) is 0.350. The fourth-order valence-corrected chi connectivity index (χ4v) is 3.50. The first kappa shape index (κ1) is 16.6. The summed E-state index contributed by atoms with van der Waals surface area (Å²) in [5, 5.41) is 4.40. The zero-order valence-electron chi connectivity index (χ0n) is 15.4. The van der Waals surface area contributed by atoms with Crippen LogP contribution >= 0.6 is 0 Å². The minimum absolute atomic E-state index is 0.00153. The maximum atomic E-state index is 12.9. The van der Waals surface area contributed by atoms with Crippen LogP contribution in [-0.4, -0.2) is 51.6 Å². The number of aromatic nitrogens is 3. The van der Waals surface area contributed by atoms with Crippen LogP contribution in [-0.2, 0) is 0 Å². The topological polar surface area (TPSA) is 53.7 Å². The SMILES string of the molecule is Cc1cccc(N2CCN(C(=O)c3cc(C)n4nc(C)cc4n3)CC2)c1. The Morgan fingerprint density at radius 1 is 1.00 bits per heavy atom. The van der Waals surface area contributed by atoms with Crippen molar-refractivity contribution < 1.29 is 4.79 Å². The van der Waals surface area contributed by atoms with Crippen LogP contribution in [0, 0.1) is 20.8 Å². The van der Waals surface area contributed by atoms with Crippen LogP contribution in [0.5, 0.6) is 0 Å². The fourth-order valence-electron chi connectivity index (χ4n) is 3.50. The molecule has 0 saturated carbocycles. The van der Waals surface area contributed by atoms with Crippen LogP contribution in [0.25, 0.3) is 5.65 Å². The van der Waals surface area contributed by atoms with Crippen LogP contribution < -0.4 is 4.90 Å². The van der Waals surface area contributed by atoms with Gasteiger partial charge in [-0.2, -0.15) is 5.10 Å². The molecule has 0 unspecified atom stereocenters. The van der Waals surface area contributed by atoms with Crippen molar-refractivity contribution >= 4 is 17.2 Å². The number of amides is 1. The number of piperazine rings is 1. The van der Waals surface area contributed by atoms with Gasteiger partial charge in [-0.05, 0) is 44.5 Å². The van der Waals surface area contributed by atoms with Crippen molar-refractivity contribution in [3.63, 3.8) is 0 Å². The first-order chi connectivity index (χ1) is 12.5. The normalized spacial score (nSPS) is 14.9. The van der Waals surface area contributed by atoms with Gasteiger partial charge in [-0.25, -0.2) is 9.50 Å². The van der Waals surface area contributed by atoms with Gasteiger partial charge in [0.05, 0.1) is 5.69 Å². The molecule has 0 spiro atoms. The third-order valence-corrected chi connectivity index (χ3v) is 4.88. The number of anilines is 1. The summed E-state index contributed by atoms with van der Waals surface area (Å²) in [7, 11) is 0. The van der Waals surface area contributed by atoms with Crippen molar-refractivity contribution in [2.75, 3.05) is 31.1 Å². The minimum Gasteiger partial charge on any atom is -0.368 e. The van der Waals surface area contributed by atoms with Gasteiger partial charge in [0.15, 0.2) is 5.65 Å². The molecule has 1 aliphatic heterocycles. The lowest BCUT2D eigenvalue weighted by Crippen LogP contribution is -2.49. The van der Waals surface area contributed by atoms with Crippen LogP contribution in [0.15, 0.2) is 36.4 Å². The highest BCUT2D eigenvalue weighted by Crippen LogP contribution is 2.19. The molecule has 6 heteroatoms. The molecule has 3 heterocycles. The van der Waals surface area contributed by atoms with Crippen molar-refractivity contribution in [3.05, 3.63) is 59.0 Å². The standard InChI is InChI=1S/C20H23N5O/c1-14-5-4-6-17(11-14)23-7-9-24(10-8-23)20(26)18-13-16(3)25-19(21-18)12-15(2)22-25/h4-6,11-13H,7-10H2,1-3H3. The summed E-state index contributed by atoms with van der Waals surface area (Å²) in [6, 6.07) is 12.2. The monoisotopic (exact) mass is 349 g/mol. The molecule has 3 aromatic rings. The zero-order valence-corrected chi connectivity index (χ0v) is 15.4. The zero-order chi connectivity index (χ0) is 18.3. The molecule has 6 nitrogen and oxygen atoms in total. The Bertz CT molecular complexity index is 969. The number of carbonyl (C=O) groups is 1. The van der Waals surface area contributed by atoms with Crippen molar-refractivity contribution in [1.29, 1.82) is 0 Å². The number of carbonyl (C=O) groups excluding carboxylic acids is 1. The molecule has 2 aromatic heterocycles. The average Bonchev–Trinajstić information content (AvgIpc) is 3.02. The predicted molar refractivity (Wildman–Crippen MR) is 102 cm³/mol. The van der Waals surface area contributed by atoms with Gasteiger partial charge in [0.2, 0.25) is 0 Å². The maximum Gasteiger partial charge on any atom is 0.272 e. The summed E-state index contributed by atoms with van der Waals surface area (Å²) in [4.78, 5) is 21.7. The second-order valence-corrected chi connectivity index (χ2v) is 6.96. The lowest BCUT2D eigenvalue weighted by molar-refractivity contribution is 0.0741. The van der Waals surface area contributed by atoms with E-state index in [1.54, 1.807) is 4.52 Å². The van der Waals surface area contributed by atoms with Gasteiger partial charge in [0.25, 0.3) is 5.91 Å². The molecular weight excluding hydrogens is 326 g/mol. The van der Waals surface area contributed by atoms with Gasteiger partial charge in [0.1, 0.15) is 5.69 Å². The molecule has 1 saturated heterocycles. The van der Waals surface area contributed by atoms with E-state index in [1.165, 1.54) is 11.3 Å². The largest absolute Gasteiger partial charge is 0.368 e. The Morgan fingerprint density at radius 2 is 1.77 bits per heavy atom. The summed E-state index contributed by atoms with van der Waals surface area (Å²) >= 11 is 0. The van der Waals surface area contributed by atoms with E-state index in [9.17, 15) is 4.79 Å². The van der Waals surface area contributed by atoms with Crippen LogP contribution in [0.2, 0.25) is 0 Å². The third-order valence-electron chi connectivity index (χ3n) is 4.88. The lowest BCUT2D eigenvalue weighted by atomic mass is 10.2. The highest BCUT2D eigenvalue weighted by atomic mass is 16.2. The molecule has 0 aliphatic carbocycles. The summed E-state index contributed by atoms with van der Waals surface area (Å²) in [6.07, 6.45) is 0. The molecule has 1 aliphatic rings. The molecule has 0 bridgehead atoms. The van der Waals surface area contributed by atoms with Crippen LogP contribution in [0.1, 0.15) is 27.4 Å². The van der Waals surface area contributed by atoms with E-state index >= 15 is 0 Å².